The molecule has 0 aromatic heterocycles. The van der Waals surface area contributed by atoms with Crippen LogP contribution in [-0.4, -0.2) is 0 Å². The van der Waals surface area contributed by atoms with Gasteiger partial charge in [0, 0.05) is 5.02 Å². The van der Waals surface area contributed by atoms with Gasteiger partial charge >= 0.3 is 0 Å². The number of hydrogen-bond acceptors (Lipinski definition) is 1. The number of nitrogens with zero attached hydrogens (tertiary/aromatic N) is 1. The molecular weight excluding hydrogens is 249 g/mol. The van der Waals surface area contributed by atoms with Gasteiger partial charge in [-0.05, 0) is 35.7 Å². The van der Waals surface area contributed by atoms with Crippen LogP contribution >= 0.6 is 11.6 Å². The minimum atomic E-state index is -0.362. The zero-order valence-electron chi connectivity index (χ0n) is 9.61. The molecule has 0 spiro atoms. The molecule has 0 bridgehead atoms. The molecule has 0 saturated heterocycles. The fourth-order valence-corrected chi connectivity index (χ4v) is 1.94. The van der Waals surface area contributed by atoms with E-state index >= 15 is 0 Å². The fraction of sp³-hybridized carbons (Fsp3) is 0.133. The van der Waals surface area contributed by atoms with Gasteiger partial charge in [0.2, 0.25) is 0 Å². The van der Waals surface area contributed by atoms with Gasteiger partial charge < -0.3 is 0 Å². The Kier molecular flexibility index (Phi) is 3.96. The van der Waals surface area contributed by atoms with Crippen molar-refractivity contribution in [2.24, 2.45) is 0 Å². The predicted octanol–water partition coefficient (Wildman–Crippen LogP) is 4.33. The van der Waals surface area contributed by atoms with E-state index in [9.17, 15) is 9.65 Å². The molecule has 0 aliphatic rings. The van der Waals surface area contributed by atoms with Crippen molar-refractivity contribution in [3.63, 3.8) is 0 Å². The summed E-state index contributed by atoms with van der Waals surface area (Å²) in [6.45, 7) is 0. The first-order valence-electron chi connectivity index (χ1n) is 5.59. The molecule has 1 unspecified atom stereocenters. The molecule has 2 rings (SSSR count). The van der Waals surface area contributed by atoms with Crippen LogP contribution in [0.5, 0.6) is 0 Å². The molecule has 0 aliphatic heterocycles. The first kappa shape index (κ1) is 12.6. The first-order valence-corrected chi connectivity index (χ1v) is 5.97. The molecule has 2 aromatic carbocycles. The van der Waals surface area contributed by atoms with Gasteiger partial charge in [-0.15, -0.1) is 0 Å². The van der Waals surface area contributed by atoms with Crippen LogP contribution in [0.1, 0.15) is 17.0 Å². The van der Waals surface area contributed by atoms with E-state index in [0.717, 1.165) is 5.56 Å². The van der Waals surface area contributed by atoms with Gasteiger partial charge in [0.25, 0.3) is 0 Å². The third kappa shape index (κ3) is 2.88. The molecule has 0 heterocycles. The minimum absolute atomic E-state index is 0.272. The molecule has 1 atom stereocenters. The summed E-state index contributed by atoms with van der Waals surface area (Å²) in [7, 11) is 0. The highest BCUT2D eigenvalue weighted by Gasteiger charge is 2.13. The zero-order valence-corrected chi connectivity index (χ0v) is 10.4. The smallest absolute Gasteiger partial charge is 0.126 e. The van der Waals surface area contributed by atoms with E-state index in [1.165, 1.54) is 6.07 Å². The van der Waals surface area contributed by atoms with Crippen molar-refractivity contribution < 1.29 is 4.39 Å². The lowest BCUT2D eigenvalue weighted by atomic mass is 9.93. The summed E-state index contributed by atoms with van der Waals surface area (Å²) in [6, 6.07) is 15.8. The maximum absolute atomic E-state index is 13.5. The number of hydrogen-bond donors (Lipinski definition) is 0. The zero-order chi connectivity index (χ0) is 13.0. The Balaban J connectivity index is 2.23. The molecule has 2 aromatic rings. The van der Waals surface area contributed by atoms with Crippen LogP contribution in [0.4, 0.5) is 4.39 Å². The van der Waals surface area contributed by atoms with Crippen molar-refractivity contribution in [2.75, 3.05) is 0 Å². The van der Waals surface area contributed by atoms with Gasteiger partial charge in [0.05, 0.1) is 12.0 Å². The van der Waals surface area contributed by atoms with Crippen LogP contribution < -0.4 is 0 Å². The van der Waals surface area contributed by atoms with E-state index in [-0.39, 0.29) is 11.7 Å². The predicted molar refractivity (Wildman–Crippen MR) is 69.9 cm³/mol. The molecule has 1 nitrogen and oxygen atoms in total. The Bertz CT molecular complexity index is 572. The van der Waals surface area contributed by atoms with Crippen LogP contribution in [0.15, 0.2) is 48.5 Å². The van der Waals surface area contributed by atoms with Crippen LogP contribution in [0.2, 0.25) is 5.02 Å². The van der Waals surface area contributed by atoms with Gasteiger partial charge in [-0.3, -0.25) is 0 Å². The lowest BCUT2D eigenvalue weighted by molar-refractivity contribution is 0.604. The van der Waals surface area contributed by atoms with Crippen LogP contribution in [0.25, 0.3) is 0 Å². The molecule has 0 N–H and O–H groups in total. The highest BCUT2D eigenvalue weighted by molar-refractivity contribution is 6.30. The maximum atomic E-state index is 13.5. The van der Waals surface area contributed by atoms with Crippen molar-refractivity contribution in [3.8, 4) is 6.07 Å². The topological polar surface area (TPSA) is 23.8 Å². The second-order valence-corrected chi connectivity index (χ2v) is 4.47. The van der Waals surface area contributed by atoms with Crippen LogP contribution in [0.3, 0.4) is 0 Å². The SMILES string of the molecule is N#CC(Cc1ccccc1F)c1ccc(Cl)cc1. The van der Waals surface area contributed by atoms with Gasteiger partial charge in [0.15, 0.2) is 0 Å². The highest BCUT2D eigenvalue weighted by Crippen LogP contribution is 2.23. The highest BCUT2D eigenvalue weighted by atomic mass is 35.5. The van der Waals surface area contributed by atoms with E-state index in [1.807, 2.05) is 0 Å². The van der Waals surface area contributed by atoms with E-state index < -0.39 is 0 Å². The fourth-order valence-electron chi connectivity index (χ4n) is 1.82. The van der Waals surface area contributed by atoms with Crippen molar-refractivity contribution >= 4 is 11.6 Å². The average molecular weight is 260 g/mol. The number of halogens is 2. The van der Waals surface area contributed by atoms with E-state index in [1.54, 1.807) is 42.5 Å². The molecule has 90 valence electrons. The number of rotatable bonds is 3. The van der Waals surface area contributed by atoms with Gasteiger partial charge in [0.1, 0.15) is 5.82 Å². The minimum Gasteiger partial charge on any atom is -0.207 e. The summed E-state index contributed by atoms with van der Waals surface area (Å²) in [5.74, 6) is -0.633. The second-order valence-electron chi connectivity index (χ2n) is 4.03. The normalized spacial score (nSPS) is 11.8. The molecular formula is C15H11ClFN. The Hall–Kier alpha value is -1.85. The first-order chi connectivity index (χ1) is 8.70. The van der Waals surface area contributed by atoms with Crippen molar-refractivity contribution in [1.29, 1.82) is 5.26 Å². The third-order valence-electron chi connectivity index (χ3n) is 2.81. The maximum Gasteiger partial charge on any atom is 0.126 e. The third-order valence-corrected chi connectivity index (χ3v) is 3.06. The lowest BCUT2D eigenvalue weighted by Gasteiger charge is -2.10. The van der Waals surface area contributed by atoms with Crippen molar-refractivity contribution in [3.05, 3.63) is 70.5 Å². The number of benzene rings is 2. The van der Waals surface area contributed by atoms with Crippen molar-refractivity contribution in [2.45, 2.75) is 12.3 Å². The summed E-state index contributed by atoms with van der Waals surface area (Å²) in [4.78, 5) is 0. The standard InChI is InChI=1S/C15H11ClFN/c16-14-7-5-11(6-8-14)13(10-18)9-12-3-1-2-4-15(12)17/h1-8,13H,9H2. The molecule has 0 amide bonds. The summed E-state index contributed by atoms with van der Waals surface area (Å²) in [5.41, 5.74) is 1.41. The van der Waals surface area contributed by atoms with Crippen molar-refractivity contribution in [1.82, 2.24) is 0 Å². The number of nitriles is 1. The molecule has 0 fully saturated rings. The van der Waals surface area contributed by atoms with Crippen LogP contribution in [0, 0.1) is 17.1 Å². The van der Waals surface area contributed by atoms with Gasteiger partial charge in [-0.1, -0.05) is 41.9 Å². The van der Waals surface area contributed by atoms with E-state index in [0.29, 0.717) is 17.0 Å². The van der Waals surface area contributed by atoms with E-state index in [2.05, 4.69) is 6.07 Å². The molecule has 3 heteroatoms. The average Bonchev–Trinajstić information content (AvgIpc) is 2.39. The summed E-state index contributed by atoms with van der Waals surface area (Å²) < 4.78 is 13.5. The van der Waals surface area contributed by atoms with Crippen LogP contribution in [-0.2, 0) is 6.42 Å². The van der Waals surface area contributed by atoms with E-state index in [4.69, 9.17) is 11.6 Å². The molecule has 18 heavy (non-hydrogen) atoms. The summed E-state index contributed by atoms with van der Waals surface area (Å²) in [6.07, 6.45) is 0.366. The summed E-state index contributed by atoms with van der Waals surface area (Å²) in [5, 5.41) is 9.82. The second kappa shape index (κ2) is 5.66. The largest absolute Gasteiger partial charge is 0.207 e. The lowest BCUT2D eigenvalue weighted by Crippen LogP contribution is -2.02. The Morgan fingerprint density at radius 1 is 1.11 bits per heavy atom. The molecule has 0 radical (unpaired) electrons. The summed E-state index contributed by atoms with van der Waals surface area (Å²) >= 11 is 5.80. The molecule has 0 saturated carbocycles. The Morgan fingerprint density at radius 3 is 2.39 bits per heavy atom. The van der Waals surface area contributed by atoms with Gasteiger partial charge in [-0.2, -0.15) is 5.26 Å². The monoisotopic (exact) mass is 259 g/mol. The molecule has 0 aliphatic carbocycles. The Morgan fingerprint density at radius 2 is 1.78 bits per heavy atom. The Labute approximate surface area is 110 Å². The quantitative estimate of drug-likeness (QED) is 0.805. The van der Waals surface area contributed by atoms with Gasteiger partial charge in [-0.25, -0.2) is 4.39 Å².